The Kier molecular flexibility index (Phi) is 5.32. The number of nitrogens with one attached hydrogen (secondary N) is 1. The number of nitrogens with zero attached hydrogens (tertiary/aromatic N) is 1. The number of hydrogen-bond acceptors (Lipinski definition) is 1. The molecule has 1 aromatic heterocycles. The Morgan fingerprint density at radius 2 is 1.83 bits per heavy atom. The third-order valence-electron chi connectivity index (χ3n) is 7.21. The molecule has 1 N–H and O–H groups in total. The lowest BCUT2D eigenvalue weighted by atomic mass is 9.78. The Balaban J connectivity index is 1.49. The second-order valence-electron chi connectivity index (χ2n) is 8.92. The molecule has 1 saturated carbocycles. The molecular weight excluding hydrogens is 375 g/mol. The summed E-state index contributed by atoms with van der Waals surface area (Å²) >= 11 is 0. The van der Waals surface area contributed by atoms with Gasteiger partial charge in [0.05, 0.1) is 0 Å². The molecule has 2 fully saturated rings. The van der Waals surface area contributed by atoms with Gasteiger partial charge in [0.1, 0.15) is 5.82 Å². The third-order valence-corrected chi connectivity index (χ3v) is 7.21. The molecule has 3 unspecified atom stereocenters. The second kappa shape index (κ2) is 8.25. The number of likely N-dealkylation sites (tertiary alicyclic amines) is 1. The van der Waals surface area contributed by atoms with Crippen molar-refractivity contribution in [2.45, 2.75) is 56.9 Å². The Bertz CT molecular complexity index is 1030. The summed E-state index contributed by atoms with van der Waals surface area (Å²) in [4.78, 5) is 18.9. The number of aromatic amines is 1. The van der Waals surface area contributed by atoms with E-state index in [1.54, 1.807) is 6.07 Å². The van der Waals surface area contributed by atoms with Gasteiger partial charge >= 0.3 is 0 Å². The topological polar surface area (TPSA) is 36.1 Å². The number of halogens is 1. The number of rotatable bonds is 4. The van der Waals surface area contributed by atoms with E-state index in [1.807, 2.05) is 30.5 Å². The molecule has 30 heavy (non-hydrogen) atoms. The van der Waals surface area contributed by atoms with Crippen LogP contribution in [0.15, 0.2) is 54.7 Å². The normalized spacial score (nSPS) is 22.6. The van der Waals surface area contributed by atoms with Crippen molar-refractivity contribution in [3.8, 4) is 0 Å². The van der Waals surface area contributed by atoms with Gasteiger partial charge in [-0.25, -0.2) is 4.39 Å². The minimum atomic E-state index is -0.234. The van der Waals surface area contributed by atoms with E-state index >= 15 is 0 Å². The highest BCUT2D eigenvalue weighted by Crippen LogP contribution is 2.38. The van der Waals surface area contributed by atoms with Gasteiger partial charge in [-0.05, 0) is 54.9 Å². The Morgan fingerprint density at radius 1 is 1.03 bits per heavy atom. The average Bonchev–Trinajstić information content (AvgIpc) is 3.23. The summed E-state index contributed by atoms with van der Waals surface area (Å²) in [5, 5.41) is 0.605. The lowest BCUT2D eigenvalue weighted by Gasteiger charge is -2.44. The van der Waals surface area contributed by atoms with Gasteiger partial charge in [-0.15, -0.1) is 0 Å². The largest absolute Gasteiger partial charge is 0.361 e. The molecule has 0 radical (unpaired) electrons. The van der Waals surface area contributed by atoms with Gasteiger partial charge in [0.15, 0.2) is 0 Å². The fraction of sp³-hybridized carbons (Fsp3) is 0.423. The first-order valence-electron chi connectivity index (χ1n) is 11.3. The number of aromatic nitrogens is 1. The standard InChI is InChI=1S/C26H29FN2O/c27-22-12-6-13-23-26(22)21(17-28-23)20(18-8-2-1-3-9-18)16-25(30)29-15-7-11-19-10-4-5-14-24(19)29/h1-3,6,8-9,12-13,17,19-20,24,28H,4-5,7,10-11,14-16H2. The quantitative estimate of drug-likeness (QED) is 0.568. The molecular formula is C26H29FN2O. The molecule has 1 saturated heterocycles. The first-order valence-corrected chi connectivity index (χ1v) is 11.3. The van der Waals surface area contributed by atoms with Gasteiger partial charge in [-0.2, -0.15) is 0 Å². The Morgan fingerprint density at radius 3 is 2.70 bits per heavy atom. The maximum absolute atomic E-state index is 14.8. The minimum absolute atomic E-state index is 0.159. The molecule has 4 heteroatoms. The zero-order chi connectivity index (χ0) is 20.5. The minimum Gasteiger partial charge on any atom is -0.361 e. The van der Waals surface area contributed by atoms with Crippen LogP contribution in [0.5, 0.6) is 0 Å². The van der Waals surface area contributed by atoms with Crippen molar-refractivity contribution in [3.63, 3.8) is 0 Å². The number of carbonyl (C=O) groups excluding carboxylic acids is 1. The lowest BCUT2D eigenvalue weighted by Crippen LogP contribution is -2.49. The maximum atomic E-state index is 14.8. The van der Waals surface area contributed by atoms with Crippen LogP contribution in [0, 0.1) is 11.7 Å². The second-order valence-corrected chi connectivity index (χ2v) is 8.92. The summed E-state index contributed by atoms with van der Waals surface area (Å²) < 4.78 is 14.8. The molecule has 1 amide bonds. The maximum Gasteiger partial charge on any atom is 0.223 e. The Hall–Kier alpha value is -2.62. The van der Waals surface area contributed by atoms with Gasteiger partial charge in [-0.3, -0.25) is 4.79 Å². The molecule has 5 rings (SSSR count). The third kappa shape index (κ3) is 3.53. The van der Waals surface area contributed by atoms with Crippen LogP contribution in [0.1, 0.15) is 62.0 Å². The van der Waals surface area contributed by atoms with E-state index in [4.69, 9.17) is 0 Å². The molecule has 1 aliphatic heterocycles. The number of piperidine rings is 1. The molecule has 2 aromatic carbocycles. The highest BCUT2D eigenvalue weighted by Gasteiger charge is 2.36. The molecule has 3 atom stereocenters. The average molecular weight is 405 g/mol. The zero-order valence-electron chi connectivity index (χ0n) is 17.3. The zero-order valence-corrected chi connectivity index (χ0v) is 17.3. The van der Waals surface area contributed by atoms with Crippen LogP contribution in [0.4, 0.5) is 4.39 Å². The Labute approximate surface area is 177 Å². The molecule has 2 heterocycles. The molecule has 2 aliphatic rings. The van der Waals surface area contributed by atoms with Gasteiger partial charge < -0.3 is 9.88 Å². The van der Waals surface area contributed by atoms with E-state index in [0.29, 0.717) is 23.8 Å². The first-order chi connectivity index (χ1) is 14.7. The van der Waals surface area contributed by atoms with Crippen molar-refractivity contribution >= 4 is 16.8 Å². The smallest absolute Gasteiger partial charge is 0.223 e. The number of amides is 1. The number of carbonyl (C=O) groups is 1. The summed E-state index contributed by atoms with van der Waals surface area (Å²) in [6.07, 6.45) is 9.53. The molecule has 0 bridgehead atoms. The van der Waals surface area contributed by atoms with Crippen LogP contribution in [-0.2, 0) is 4.79 Å². The first kappa shape index (κ1) is 19.3. The predicted molar refractivity (Wildman–Crippen MR) is 118 cm³/mol. The highest BCUT2D eigenvalue weighted by atomic mass is 19.1. The lowest BCUT2D eigenvalue weighted by molar-refractivity contribution is -0.137. The van der Waals surface area contributed by atoms with Gasteiger partial charge in [0.2, 0.25) is 5.91 Å². The van der Waals surface area contributed by atoms with Crippen LogP contribution in [-0.4, -0.2) is 28.4 Å². The van der Waals surface area contributed by atoms with Crippen LogP contribution in [0.2, 0.25) is 0 Å². The monoisotopic (exact) mass is 404 g/mol. The van der Waals surface area contributed by atoms with Crippen LogP contribution in [0.3, 0.4) is 0 Å². The molecule has 156 valence electrons. The molecule has 0 spiro atoms. The summed E-state index contributed by atoms with van der Waals surface area (Å²) in [5.74, 6) is 0.485. The molecule has 1 aliphatic carbocycles. The van der Waals surface area contributed by atoms with Gasteiger partial charge in [0.25, 0.3) is 0 Å². The summed E-state index contributed by atoms with van der Waals surface area (Å²) in [6.45, 7) is 0.865. The summed E-state index contributed by atoms with van der Waals surface area (Å²) in [7, 11) is 0. The van der Waals surface area contributed by atoms with Crippen LogP contribution in [0.25, 0.3) is 10.9 Å². The van der Waals surface area contributed by atoms with E-state index in [-0.39, 0.29) is 17.6 Å². The molecule has 3 aromatic rings. The van der Waals surface area contributed by atoms with Gasteiger partial charge in [0, 0.05) is 42.0 Å². The number of hydrogen-bond donors (Lipinski definition) is 1. The van der Waals surface area contributed by atoms with Crippen molar-refractivity contribution < 1.29 is 9.18 Å². The van der Waals surface area contributed by atoms with Crippen molar-refractivity contribution in [2.75, 3.05) is 6.54 Å². The van der Waals surface area contributed by atoms with E-state index in [9.17, 15) is 9.18 Å². The van der Waals surface area contributed by atoms with Crippen LogP contribution >= 0.6 is 0 Å². The number of fused-ring (bicyclic) bond motifs is 2. The van der Waals surface area contributed by atoms with Crippen molar-refractivity contribution in [3.05, 3.63) is 71.7 Å². The highest BCUT2D eigenvalue weighted by molar-refractivity contribution is 5.86. The fourth-order valence-corrected chi connectivity index (χ4v) is 5.76. The summed E-state index contributed by atoms with van der Waals surface area (Å²) in [5.41, 5.74) is 2.72. The fourth-order valence-electron chi connectivity index (χ4n) is 5.76. The van der Waals surface area contributed by atoms with Gasteiger partial charge in [-0.1, -0.05) is 49.2 Å². The van der Waals surface area contributed by atoms with Crippen LogP contribution < -0.4 is 0 Å². The summed E-state index contributed by atoms with van der Waals surface area (Å²) in [6, 6.07) is 15.6. The number of benzene rings is 2. The van der Waals surface area contributed by atoms with E-state index in [2.05, 4.69) is 22.0 Å². The van der Waals surface area contributed by atoms with E-state index < -0.39 is 0 Å². The van der Waals surface area contributed by atoms with Crippen molar-refractivity contribution in [1.29, 1.82) is 0 Å². The van der Waals surface area contributed by atoms with E-state index in [1.165, 1.54) is 31.7 Å². The van der Waals surface area contributed by atoms with Crippen molar-refractivity contribution in [2.24, 2.45) is 5.92 Å². The predicted octanol–water partition coefficient (Wildman–Crippen LogP) is 6.01. The van der Waals surface area contributed by atoms with Crippen molar-refractivity contribution in [1.82, 2.24) is 9.88 Å². The molecule has 3 nitrogen and oxygen atoms in total. The number of H-pyrrole nitrogens is 1. The SMILES string of the molecule is O=C(CC(c1ccccc1)c1c[nH]c2cccc(F)c12)N1CCCC2CCCCC21. The van der Waals surface area contributed by atoms with E-state index in [0.717, 1.165) is 36.0 Å².